The number of nitrogens with one attached hydrogen (secondary N) is 1. The van der Waals surface area contributed by atoms with E-state index in [1.165, 1.54) is 0 Å². The van der Waals surface area contributed by atoms with Crippen molar-refractivity contribution in [1.82, 2.24) is 5.43 Å². The molecule has 5 heteroatoms. The molecule has 100 valence electrons. The maximum absolute atomic E-state index is 14.2. The number of hydrogen-bond acceptors (Lipinski definition) is 2. The van der Waals surface area contributed by atoms with E-state index in [0.717, 1.165) is 15.6 Å². The van der Waals surface area contributed by atoms with Crippen molar-refractivity contribution < 1.29 is 4.39 Å². The van der Waals surface area contributed by atoms with Gasteiger partial charge in [-0.3, -0.25) is 5.84 Å². The van der Waals surface area contributed by atoms with Crippen molar-refractivity contribution in [1.29, 1.82) is 0 Å². The van der Waals surface area contributed by atoms with Crippen LogP contribution in [0.2, 0.25) is 0 Å². The number of hydrazine groups is 1. The fourth-order valence-electron chi connectivity index (χ4n) is 2.03. The SMILES string of the molecule is Cc1c(Br)cccc1C(NN)c1cccc(Br)c1F. The molecule has 0 spiro atoms. The van der Waals surface area contributed by atoms with Crippen molar-refractivity contribution in [3.8, 4) is 0 Å². The summed E-state index contributed by atoms with van der Waals surface area (Å²) < 4.78 is 15.6. The Morgan fingerprint density at radius 3 is 2.26 bits per heavy atom. The highest BCUT2D eigenvalue weighted by Gasteiger charge is 2.20. The third-order valence-electron chi connectivity index (χ3n) is 3.08. The molecule has 0 saturated carbocycles. The van der Waals surface area contributed by atoms with Gasteiger partial charge in [0.05, 0.1) is 10.5 Å². The molecule has 0 saturated heterocycles. The first-order valence-corrected chi connectivity index (χ1v) is 7.30. The predicted octanol–water partition coefficient (Wildman–Crippen LogP) is 4.21. The minimum absolute atomic E-state index is 0.301. The summed E-state index contributed by atoms with van der Waals surface area (Å²) in [6.45, 7) is 1.97. The molecule has 0 aliphatic carbocycles. The lowest BCUT2D eigenvalue weighted by molar-refractivity contribution is 0.554. The topological polar surface area (TPSA) is 38.0 Å². The summed E-state index contributed by atoms with van der Waals surface area (Å²) in [5.74, 6) is 5.33. The average Bonchev–Trinajstić information content (AvgIpc) is 2.40. The fourth-order valence-corrected chi connectivity index (χ4v) is 2.79. The van der Waals surface area contributed by atoms with Crippen molar-refractivity contribution in [3.63, 3.8) is 0 Å². The molecule has 2 aromatic carbocycles. The van der Waals surface area contributed by atoms with E-state index in [1.54, 1.807) is 18.2 Å². The zero-order chi connectivity index (χ0) is 14.0. The second-order valence-electron chi connectivity index (χ2n) is 4.20. The first-order chi connectivity index (χ1) is 9.06. The van der Waals surface area contributed by atoms with Gasteiger partial charge >= 0.3 is 0 Å². The summed E-state index contributed by atoms with van der Waals surface area (Å²) in [6.07, 6.45) is 0. The molecule has 0 amide bonds. The number of hydrogen-bond donors (Lipinski definition) is 2. The van der Waals surface area contributed by atoms with Crippen molar-refractivity contribution in [2.75, 3.05) is 0 Å². The van der Waals surface area contributed by atoms with Crippen LogP contribution in [0.15, 0.2) is 45.3 Å². The van der Waals surface area contributed by atoms with Gasteiger partial charge in [-0.2, -0.15) is 0 Å². The molecule has 0 bridgehead atoms. The van der Waals surface area contributed by atoms with Crippen LogP contribution in [0.5, 0.6) is 0 Å². The highest BCUT2D eigenvalue weighted by atomic mass is 79.9. The van der Waals surface area contributed by atoms with Crippen LogP contribution in [-0.2, 0) is 0 Å². The van der Waals surface area contributed by atoms with E-state index in [0.29, 0.717) is 10.0 Å². The van der Waals surface area contributed by atoms with Gasteiger partial charge in [0.1, 0.15) is 5.82 Å². The largest absolute Gasteiger partial charge is 0.271 e. The highest BCUT2D eigenvalue weighted by molar-refractivity contribution is 9.10. The Balaban J connectivity index is 2.57. The molecule has 1 unspecified atom stereocenters. The Morgan fingerprint density at radius 1 is 1.05 bits per heavy atom. The van der Waals surface area contributed by atoms with Gasteiger partial charge in [0.15, 0.2) is 0 Å². The summed E-state index contributed by atoms with van der Waals surface area (Å²) in [5.41, 5.74) is 5.17. The zero-order valence-corrected chi connectivity index (χ0v) is 13.4. The third-order valence-corrected chi connectivity index (χ3v) is 4.55. The van der Waals surface area contributed by atoms with E-state index in [9.17, 15) is 4.39 Å². The average molecular weight is 388 g/mol. The van der Waals surface area contributed by atoms with Crippen molar-refractivity contribution in [3.05, 3.63) is 67.9 Å². The summed E-state index contributed by atoms with van der Waals surface area (Å²) in [6, 6.07) is 10.6. The van der Waals surface area contributed by atoms with Gasteiger partial charge in [-0.25, -0.2) is 9.82 Å². The monoisotopic (exact) mass is 386 g/mol. The molecule has 2 rings (SSSR count). The normalized spacial score (nSPS) is 12.5. The molecule has 2 nitrogen and oxygen atoms in total. The Bertz CT molecular complexity index is 550. The van der Waals surface area contributed by atoms with E-state index >= 15 is 0 Å². The van der Waals surface area contributed by atoms with Crippen LogP contribution in [0.4, 0.5) is 4.39 Å². The first kappa shape index (κ1) is 14.7. The summed E-state index contributed by atoms with van der Waals surface area (Å²) in [7, 11) is 0. The Kier molecular flexibility index (Phi) is 4.73. The molecule has 0 fully saturated rings. The van der Waals surface area contributed by atoms with E-state index < -0.39 is 6.04 Å². The number of halogens is 3. The Labute approximate surface area is 128 Å². The van der Waals surface area contributed by atoms with Gasteiger partial charge in [-0.1, -0.05) is 40.2 Å². The molecule has 2 aromatic rings. The van der Waals surface area contributed by atoms with E-state index in [2.05, 4.69) is 37.3 Å². The number of nitrogens with two attached hydrogens (primary N) is 1. The lowest BCUT2D eigenvalue weighted by Crippen LogP contribution is -2.30. The first-order valence-electron chi connectivity index (χ1n) is 5.71. The van der Waals surface area contributed by atoms with Crippen LogP contribution < -0.4 is 11.3 Å². The minimum atomic E-state index is -0.394. The van der Waals surface area contributed by atoms with E-state index in [4.69, 9.17) is 5.84 Å². The van der Waals surface area contributed by atoms with E-state index in [-0.39, 0.29) is 5.82 Å². The summed E-state index contributed by atoms with van der Waals surface area (Å²) in [5, 5.41) is 0. The van der Waals surface area contributed by atoms with Crippen molar-refractivity contribution >= 4 is 31.9 Å². The third kappa shape index (κ3) is 2.89. The molecule has 0 heterocycles. The van der Waals surface area contributed by atoms with Crippen molar-refractivity contribution in [2.24, 2.45) is 5.84 Å². The van der Waals surface area contributed by atoms with Gasteiger partial charge in [0.25, 0.3) is 0 Å². The van der Waals surface area contributed by atoms with E-state index in [1.807, 2.05) is 25.1 Å². The number of benzene rings is 2. The molecule has 19 heavy (non-hydrogen) atoms. The van der Waals surface area contributed by atoms with Crippen LogP contribution >= 0.6 is 31.9 Å². The van der Waals surface area contributed by atoms with Crippen LogP contribution in [-0.4, -0.2) is 0 Å². The van der Waals surface area contributed by atoms with Crippen LogP contribution in [0.1, 0.15) is 22.7 Å². The van der Waals surface area contributed by atoms with Crippen LogP contribution in [0, 0.1) is 12.7 Å². The van der Waals surface area contributed by atoms with Crippen molar-refractivity contribution in [2.45, 2.75) is 13.0 Å². The fraction of sp³-hybridized carbons (Fsp3) is 0.143. The maximum Gasteiger partial charge on any atom is 0.142 e. The Morgan fingerprint density at radius 2 is 1.63 bits per heavy atom. The quantitative estimate of drug-likeness (QED) is 0.611. The molecule has 0 radical (unpaired) electrons. The number of rotatable bonds is 3. The zero-order valence-electron chi connectivity index (χ0n) is 10.3. The molecule has 0 aliphatic rings. The molecule has 1 atom stereocenters. The second kappa shape index (κ2) is 6.13. The Hall–Kier alpha value is -0.750. The smallest absolute Gasteiger partial charge is 0.142 e. The molecule has 3 N–H and O–H groups in total. The molecular weight excluding hydrogens is 375 g/mol. The molecule has 0 aliphatic heterocycles. The summed E-state index contributed by atoms with van der Waals surface area (Å²) in [4.78, 5) is 0. The highest BCUT2D eigenvalue weighted by Crippen LogP contribution is 2.31. The predicted molar refractivity (Wildman–Crippen MR) is 82.1 cm³/mol. The van der Waals surface area contributed by atoms with Gasteiger partial charge < -0.3 is 0 Å². The standard InChI is InChI=1S/C14H13Br2FN2/c1-8-9(4-2-6-11(8)15)14(19-18)10-5-3-7-12(16)13(10)17/h2-7,14,19H,18H2,1H3. The minimum Gasteiger partial charge on any atom is -0.271 e. The lowest BCUT2D eigenvalue weighted by Gasteiger charge is -2.20. The summed E-state index contributed by atoms with van der Waals surface area (Å²) >= 11 is 6.67. The molecule has 0 aromatic heterocycles. The maximum atomic E-state index is 14.2. The van der Waals surface area contributed by atoms with Crippen LogP contribution in [0.25, 0.3) is 0 Å². The van der Waals surface area contributed by atoms with Gasteiger partial charge in [-0.05, 0) is 46.1 Å². The van der Waals surface area contributed by atoms with Gasteiger partial charge in [0, 0.05) is 10.0 Å². The van der Waals surface area contributed by atoms with Gasteiger partial charge in [0.2, 0.25) is 0 Å². The van der Waals surface area contributed by atoms with Gasteiger partial charge in [-0.15, -0.1) is 0 Å². The van der Waals surface area contributed by atoms with Crippen LogP contribution in [0.3, 0.4) is 0 Å². The lowest BCUT2D eigenvalue weighted by atomic mass is 9.95. The second-order valence-corrected chi connectivity index (χ2v) is 5.91. The molecular formula is C14H13Br2FN2.